The molecule has 0 aliphatic heterocycles. The number of nitrogens with one attached hydrogen (secondary N) is 1. The maximum atomic E-state index is 13.0. The molecule has 31 heavy (non-hydrogen) atoms. The van der Waals surface area contributed by atoms with E-state index in [2.05, 4.69) is 19.9 Å². The lowest BCUT2D eigenvalue weighted by molar-refractivity contribution is 0.310. The lowest BCUT2D eigenvalue weighted by atomic mass is 10.2. The van der Waals surface area contributed by atoms with Gasteiger partial charge in [-0.3, -0.25) is 9.97 Å². The van der Waals surface area contributed by atoms with Gasteiger partial charge in [-0.15, -0.1) is 0 Å². The zero-order valence-corrected chi connectivity index (χ0v) is 17.9. The Labute approximate surface area is 181 Å². The topological polar surface area (TPSA) is 96.0 Å². The zero-order valence-electron chi connectivity index (χ0n) is 17.1. The number of aromatic amines is 1. The van der Waals surface area contributed by atoms with Crippen molar-refractivity contribution in [2.75, 3.05) is 13.7 Å². The highest BCUT2D eigenvalue weighted by atomic mass is 32.2. The number of ether oxygens (including phenoxy) is 2. The van der Waals surface area contributed by atoms with Gasteiger partial charge in [0.1, 0.15) is 17.1 Å². The fourth-order valence-corrected chi connectivity index (χ4v) is 4.17. The number of pyridine rings is 2. The molecule has 9 heteroatoms. The van der Waals surface area contributed by atoms with Gasteiger partial charge in [0.15, 0.2) is 11.4 Å². The molecule has 0 bridgehead atoms. The van der Waals surface area contributed by atoms with Crippen molar-refractivity contribution >= 4 is 22.3 Å². The number of aromatic nitrogens is 4. The Balaban J connectivity index is 1.42. The van der Waals surface area contributed by atoms with Gasteiger partial charge in [-0.2, -0.15) is 9.97 Å². The van der Waals surface area contributed by atoms with Gasteiger partial charge in [0.05, 0.1) is 19.4 Å². The molecule has 4 aromatic rings. The summed E-state index contributed by atoms with van der Waals surface area (Å²) in [6, 6.07) is 11.6. The Kier molecular flexibility index (Phi) is 6.34. The Bertz CT molecular complexity index is 1180. The van der Waals surface area contributed by atoms with Gasteiger partial charge in [-0.05, 0) is 36.8 Å². The number of nitrogens with zero attached hydrogens (tertiary/aromatic N) is 3. The summed E-state index contributed by atoms with van der Waals surface area (Å²) in [5, 5.41) is 0.329. The summed E-state index contributed by atoms with van der Waals surface area (Å²) >= 11 is -1.42. The molecule has 7 nitrogen and oxygen atoms in total. The Morgan fingerprint density at radius 3 is 2.68 bits per heavy atom. The third-order valence-corrected chi connectivity index (χ3v) is 5.97. The second-order valence-corrected chi connectivity index (χ2v) is 8.23. The number of rotatable bonds is 8. The van der Waals surface area contributed by atoms with E-state index < -0.39 is 11.2 Å². The zero-order chi connectivity index (χ0) is 21.8. The van der Waals surface area contributed by atoms with Gasteiger partial charge < -0.3 is 14.0 Å². The molecular weight excluding hydrogens is 419 g/mol. The van der Waals surface area contributed by atoms with Crippen molar-refractivity contribution in [1.29, 1.82) is 0 Å². The van der Waals surface area contributed by atoms with Gasteiger partial charge in [-0.25, -0.2) is 4.39 Å². The van der Waals surface area contributed by atoms with Crippen molar-refractivity contribution < 1.29 is 18.4 Å². The first-order valence-corrected chi connectivity index (χ1v) is 11.0. The number of fused-ring (bicyclic) bond motifs is 1. The van der Waals surface area contributed by atoms with Gasteiger partial charge >= 0.3 is 5.16 Å². The Morgan fingerprint density at radius 1 is 1.10 bits per heavy atom. The second kappa shape index (κ2) is 9.32. The normalized spacial score (nSPS) is 12.1. The van der Waals surface area contributed by atoms with E-state index in [1.54, 1.807) is 43.6 Å². The molecule has 0 amide bonds. The van der Waals surface area contributed by atoms with Crippen LogP contribution in [0.25, 0.3) is 11.2 Å². The summed E-state index contributed by atoms with van der Waals surface area (Å²) in [4.78, 5) is 16.1. The number of hydrogen-bond donors (Lipinski definition) is 1. The second-order valence-electron chi connectivity index (χ2n) is 6.86. The standard InChI is InChI=1S/C22H21FN4O3S/c1-14-18(24-11-9-19(14)29-2)13-31(28)22-25-17-7-8-20(26-21(17)27-22)30-12-10-15-3-5-16(23)6-4-15/h3-9,11H,10,12-13H2,1-2H3,(H,25,26,27). The molecule has 0 aliphatic rings. The van der Waals surface area contributed by atoms with Crippen molar-refractivity contribution in [3.05, 3.63) is 71.3 Å². The monoisotopic (exact) mass is 440 g/mol. The van der Waals surface area contributed by atoms with E-state index in [4.69, 9.17) is 9.47 Å². The first kappa shape index (κ1) is 21.1. The molecule has 1 unspecified atom stereocenters. The SMILES string of the molecule is COc1ccnc(C[S+]([O-])c2nc3ccc(OCCc4ccc(F)cc4)nc3[nH]2)c1C. The van der Waals surface area contributed by atoms with Crippen LogP contribution >= 0.6 is 0 Å². The summed E-state index contributed by atoms with van der Waals surface area (Å²) in [5.74, 6) is 1.09. The van der Waals surface area contributed by atoms with E-state index in [-0.39, 0.29) is 11.6 Å². The number of imidazole rings is 1. The van der Waals surface area contributed by atoms with Crippen LogP contribution in [0, 0.1) is 12.7 Å². The van der Waals surface area contributed by atoms with Gasteiger partial charge in [0.2, 0.25) is 5.88 Å². The number of halogens is 1. The average Bonchev–Trinajstić information content (AvgIpc) is 3.20. The van der Waals surface area contributed by atoms with Crippen LogP contribution in [0.3, 0.4) is 0 Å². The molecule has 1 N–H and O–H groups in total. The van der Waals surface area contributed by atoms with Crippen LogP contribution in [0.4, 0.5) is 4.39 Å². The molecule has 0 saturated carbocycles. The lowest BCUT2D eigenvalue weighted by Crippen LogP contribution is -2.10. The molecule has 3 heterocycles. The predicted molar refractivity (Wildman–Crippen MR) is 115 cm³/mol. The minimum Gasteiger partial charge on any atom is -0.609 e. The minimum atomic E-state index is -1.42. The summed E-state index contributed by atoms with van der Waals surface area (Å²) < 4.78 is 36.8. The highest BCUT2D eigenvalue weighted by molar-refractivity contribution is 7.90. The molecular formula is C22H21FN4O3S. The molecule has 0 radical (unpaired) electrons. The first-order chi connectivity index (χ1) is 15.0. The summed E-state index contributed by atoms with van der Waals surface area (Å²) in [6.07, 6.45) is 2.26. The van der Waals surface area contributed by atoms with E-state index in [1.807, 2.05) is 6.92 Å². The molecule has 1 aromatic carbocycles. The third-order valence-electron chi connectivity index (χ3n) is 4.81. The molecule has 160 valence electrons. The van der Waals surface area contributed by atoms with Crippen molar-refractivity contribution in [3.8, 4) is 11.6 Å². The highest BCUT2D eigenvalue weighted by Gasteiger charge is 2.21. The summed E-state index contributed by atoms with van der Waals surface area (Å²) in [7, 11) is 1.59. The molecule has 3 aromatic heterocycles. The molecule has 0 spiro atoms. The van der Waals surface area contributed by atoms with E-state index in [9.17, 15) is 8.94 Å². The van der Waals surface area contributed by atoms with Crippen LogP contribution in [-0.2, 0) is 23.3 Å². The maximum Gasteiger partial charge on any atom is 0.323 e. The summed E-state index contributed by atoms with van der Waals surface area (Å²) in [5.41, 5.74) is 3.62. The van der Waals surface area contributed by atoms with Gasteiger partial charge in [0, 0.05) is 35.4 Å². The number of hydrogen-bond acceptors (Lipinski definition) is 6. The predicted octanol–water partition coefficient (Wildman–Crippen LogP) is 3.74. The van der Waals surface area contributed by atoms with Crippen molar-refractivity contribution in [1.82, 2.24) is 19.9 Å². The molecule has 0 aliphatic carbocycles. The molecule has 4 rings (SSSR count). The average molecular weight is 441 g/mol. The molecule has 0 fully saturated rings. The maximum absolute atomic E-state index is 13.0. The fraction of sp³-hybridized carbons (Fsp3) is 0.227. The number of H-pyrrole nitrogens is 1. The highest BCUT2D eigenvalue weighted by Crippen LogP contribution is 2.24. The summed E-state index contributed by atoms with van der Waals surface area (Å²) in [6.45, 7) is 2.28. The fourth-order valence-electron chi connectivity index (χ4n) is 3.09. The largest absolute Gasteiger partial charge is 0.609 e. The van der Waals surface area contributed by atoms with E-state index in [1.165, 1.54) is 12.1 Å². The Hall–Kier alpha value is -3.17. The van der Waals surface area contributed by atoms with Crippen molar-refractivity contribution in [3.63, 3.8) is 0 Å². The Morgan fingerprint density at radius 2 is 1.90 bits per heavy atom. The van der Waals surface area contributed by atoms with Gasteiger partial charge in [0.25, 0.3) is 0 Å². The van der Waals surface area contributed by atoms with Crippen LogP contribution < -0.4 is 9.47 Å². The van der Waals surface area contributed by atoms with Crippen LogP contribution in [0.15, 0.2) is 53.8 Å². The van der Waals surface area contributed by atoms with Crippen molar-refractivity contribution in [2.45, 2.75) is 24.3 Å². The molecule has 0 saturated heterocycles. The quantitative estimate of drug-likeness (QED) is 0.420. The van der Waals surface area contributed by atoms with Crippen LogP contribution in [-0.4, -0.2) is 38.2 Å². The minimum absolute atomic E-state index is 0.212. The lowest BCUT2D eigenvalue weighted by Gasteiger charge is -2.10. The number of benzene rings is 1. The van der Waals surface area contributed by atoms with E-state index in [0.29, 0.717) is 46.7 Å². The smallest absolute Gasteiger partial charge is 0.323 e. The van der Waals surface area contributed by atoms with Crippen molar-refractivity contribution in [2.24, 2.45) is 0 Å². The van der Waals surface area contributed by atoms with Crippen LogP contribution in [0.5, 0.6) is 11.6 Å². The van der Waals surface area contributed by atoms with E-state index >= 15 is 0 Å². The van der Waals surface area contributed by atoms with Gasteiger partial charge in [-0.1, -0.05) is 12.1 Å². The molecule has 1 atom stereocenters. The van der Waals surface area contributed by atoms with Crippen LogP contribution in [0.1, 0.15) is 16.8 Å². The van der Waals surface area contributed by atoms with E-state index in [0.717, 1.165) is 11.1 Å². The number of methoxy groups -OCH3 is 1. The first-order valence-electron chi connectivity index (χ1n) is 9.64. The van der Waals surface area contributed by atoms with Crippen LogP contribution in [0.2, 0.25) is 0 Å². The third kappa shape index (κ3) is 4.95.